The number of ether oxygens (including phenoxy) is 1. The number of furan rings is 1. The molecule has 9 heteroatoms. The van der Waals surface area contributed by atoms with Gasteiger partial charge in [0.15, 0.2) is 5.88 Å². The monoisotopic (exact) mass is 441 g/mol. The van der Waals surface area contributed by atoms with Crippen molar-refractivity contribution >= 4 is 46.5 Å². The van der Waals surface area contributed by atoms with Gasteiger partial charge in [0.05, 0.1) is 18.1 Å². The Hall–Kier alpha value is -3.04. The predicted octanol–water partition coefficient (Wildman–Crippen LogP) is 3.41. The normalized spacial score (nSPS) is 18.2. The third-order valence-corrected chi connectivity index (χ3v) is 6.04. The van der Waals surface area contributed by atoms with Crippen LogP contribution in [0.2, 0.25) is 0 Å². The van der Waals surface area contributed by atoms with Crippen molar-refractivity contribution in [1.82, 2.24) is 4.90 Å². The van der Waals surface area contributed by atoms with E-state index in [1.54, 1.807) is 6.07 Å². The van der Waals surface area contributed by atoms with Gasteiger partial charge >= 0.3 is 0 Å². The van der Waals surface area contributed by atoms with Gasteiger partial charge in [-0.15, -0.1) is 0 Å². The summed E-state index contributed by atoms with van der Waals surface area (Å²) in [6, 6.07) is 9.27. The van der Waals surface area contributed by atoms with Gasteiger partial charge in [0.2, 0.25) is 5.91 Å². The number of aryl methyl sites for hydroxylation is 2. The molecule has 2 fully saturated rings. The fourth-order valence-corrected chi connectivity index (χ4v) is 4.29. The minimum Gasteiger partial charge on any atom is -0.441 e. The van der Waals surface area contributed by atoms with Gasteiger partial charge in [-0.25, -0.2) is 0 Å². The smallest absolute Gasteiger partial charge is 0.294 e. The van der Waals surface area contributed by atoms with Crippen molar-refractivity contribution in [3.05, 3.63) is 52.1 Å². The van der Waals surface area contributed by atoms with Crippen molar-refractivity contribution < 1.29 is 23.5 Å². The fourth-order valence-electron chi connectivity index (χ4n) is 3.47. The molecule has 0 unspecified atom stereocenters. The molecule has 4 rings (SSSR count). The zero-order chi connectivity index (χ0) is 22.0. The minimum absolute atomic E-state index is 0.229. The van der Waals surface area contributed by atoms with E-state index in [1.807, 2.05) is 38.1 Å². The Morgan fingerprint density at radius 1 is 1.13 bits per heavy atom. The van der Waals surface area contributed by atoms with Crippen LogP contribution in [0, 0.1) is 13.8 Å². The van der Waals surface area contributed by atoms with E-state index in [2.05, 4.69) is 10.2 Å². The average Bonchev–Trinajstić information content (AvgIpc) is 3.32. The first-order valence-corrected chi connectivity index (χ1v) is 10.8. The van der Waals surface area contributed by atoms with E-state index in [9.17, 15) is 14.4 Å². The van der Waals surface area contributed by atoms with Crippen LogP contribution in [0.5, 0.6) is 0 Å². The van der Waals surface area contributed by atoms with Gasteiger partial charge in [0.1, 0.15) is 12.3 Å². The number of carbonyl (C=O) groups is 3. The number of nitrogens with one attached hydrogen (secondary N) is 1. The number of para-hydroxylation sites is 1. The summed E-state index contributed by atoms with van der Waals surface area (Å²) in [5.41, 5.74) is 2.52. The molecule has 1 aromatic carbocycles. The van der Waals surface area contributed by atoms with Crippen LogP contribution < -0.4 is 10.2 Å². The van der Waals surface area contributed by atoms with Gasteiger partial charge in [-0.05, 0) is 42.8 Å². The zero-order valence-corrected chi connectivity index (χ0v) is 18.2. The number of hydrogen-bond donors (Lipinski definition) is 1. The molecule has 2 saturated heterocycles. The molecular weight excluding hydrogens is 418 g/mol. The summed E-state index contributed by atoms with van der Waals surface area (Å²) in [7, 11) is 0. The van der Waals surface area contributed by atoms with Gasteiger partial charge in [-0.1, -0.05) is 18.2 Å². The summed E-state index contributed by atoms with van der Waals surface area (Å²) in [4.78, 5) is 40.8. The first kappa shape index (κ1) is 21.2. The molecule has 1 aromatic heterocycles. The SMILES string of the molecule is Cc1cccc(C)c1NC(=O)CN1C(=O)S/C(=C\c2ccc(N3CCOCC3)o2)C1=O. The van der Waals surface area contributed by atoms with Crippen LogP contribution in [-0.2, 0) is 14.3 Å². The molecule has 8 nitrogen and oxygen atoms in total. The number of thioether (sulfide) groups is 1. The molecule has 3 amide bonds. The van der Waals surface area contributed by atoms with Crippen LogP contribution in [0.15, 0.2) is 39.7 Å². The second-order valence-electron chi connectivity index (χ2n) is 7.36. The summed E-state index contributed by atoms with van der Waals surface area (Å²) >= 11 is 0.801. The van der Waals surface area contributed by atoms with Crippen LogP contribution in [-0.4, -0.2) is 54.8 Å². The lowest BCUT2D eigenvalue weighted by atomic mass is 10.1. The largest absolute Gasteiger partial charge is 0.441 e. The number of imide groups is 1. The third kappa shape index (κ3) is 4.67. The van der Waals surface area contributed by atoms with Crippen molar-refractivity contribution in [3.63, 3.8) is 0 Å². The molecule has 2 aliphatic heterocycles. The van der Waals surface area contributed by atoms with E-state index < -0.39 is 17.1 Å². The third-order valence-electron chi connectivity index (χ3n) is 5.13. The maximum absolute atomic E-state index is 12.7. The number of hydrogen-bond acceptors (Lipinski definition) is 7. The first-order valence-electron chi connectivity index (χ1n) is 9.96. The molecule has 3 heterocycles. The lowest BCUT2D eigenvalue weighted by Crippen LogP contribution is -2.36. The van der Waals surface area contributed by atoms with Crippen molar-refractivity contribution in [1.29, 1.82) is 0 Å². The van der Waals surface area contributed by atoms with E-state index in [1.165, 1.54) is 6.08 Å². The zero-order valence-electron chi connectivity index (χ0n) is 17.3. The van der Waals surface area contributed by atoms with Crippen LogP contribution in [0.25, 0.3) is 6.08 Å². The van der Waals surface area contributed by atoms with Crippen molar-refractivity contribution in [3.8, 4) is 0 Å². The molecule has 0 saturated carbocycles. The van der Waals surface area contributed by atoms with Gasteiger partial charge in [-0.3, -0.25) is 19.3 Å². The molecule has 31 heavy (non-hydrogen) atoms. The molecule has 0 aliphatic carbocycles. The van der Waals surface area contributed by atoms with Crippen molar-refractivity contribution in [2.75, 3.05) is 43.1 Å². The average molecular weight is 442 g/mol. The second-order valence-corrected chi connectivity index (χ2v) is 8.35. The summed E-state index contributed by atoms with van der Waals surface area (Å²) < 4.78 is 11.1. The highest BCUT2D eigenvalue weighted by Gasteiger charge is 2.36. The molecule has 1 N–H and O–H groups in total. The van der Waals surface area contributed by atoms with Crippen molar-refractivity contribution in [2.45, 2.75) is 13.8 Å². The molecule has 0 atom stereocenters. The Kier molecular flexibility index (Phi) is 6.15. The number of nitrogens with zero attached hydrogens (tertiary/aromatic N) is 2. The lowest BCUT2D eigenvalue weighted by Gasteiger charge is -2.26. The Morgan fingerprint density at radius 2 is 1.84 bits per heavy atom. The molecule has 0 spiro atoms. The molecule has 0 bridgehead atoms. The number of amides is 3. The van der Waals surface area contributed by atoms with E-state index in [-0.39, 0.29) is 11.4 Å². The topological polar surface area (TPSA) is 92.1 Å². The second kappa shape index (κ2) is 8.99. The Balaban J connectivity index is 1.43. The highest BCUT2D eigenvalue weighted by molar-refractivity contribution is 8.18. The van der Waals surface area contributed by atoms with E-state index >= 15 is 0 Å². The number of morpholine rings is 1. The van der Waals surface area contributed by atoms with E-state index in [0.717, 1.165) is 40.9 Å². The number of anilines is 2. The van der Waals surface area contributed by atoms with Crippen LogP contribution >= 0.6 is 11.8 Å². The molecule has 2 aliphatic rings. The standard InChI is InChI=1S/C22H23N3O5S/c1-14-4-3-5-15(2)20(14)23-18(26)13-25-21(27)17(31-22(25)28)12-16-6-7-19(30-16)24-8-10-29-11-9-24/h3-7,12H,8-11,13H2,1-2H3,(H,23,26)/b17-12-. The summed E-state index contributed by atoms with van der Waals surface area (Å²) in [6.07, 6.45) is 1.54. The quantitative estimate of drug-likeness (QED) is 0.711. The van der Waals surface area contributed by atoms with E-state index in [4.69, 9.17) is 9.15 Å². The fraction of sp³-hybridized carbons (Fsp3) is 0.318. The Bertz CT molecular complexity index is 1030. The summed E-state index contributed by atoms with van der Waals surface area (Å²) in [5, 5.41) is 2.32. The number of carbonyl (C=O) groups excluding carboxylic acids is 3. The number of benzene rings is 1. The van der Waals surface area contributed by atoms with Gasteiger partial charge in [0, 0.05) is 30.9 Å². The Morgan fingerprint density at radius 3 is 2.55 bits per heavy atom. The van der Waals surface area contributed by atoms with Crippen LogP contribution in [0.3, 0.4) is 0 Å². The van der Waals surface area contributed by atoms with Crippen LogP contribution in [0.1, 0.15) is 16.9 Å². The molecule has 2 aromatic rings. The predicted molar refractivity (Wildman–Crippen MR) is 119 cm³/mol. The summed E-state index contributed by atoms with van der Waals surface area (Å²) in [5.74, 6) is 0.248. The van der Waals surface area contributed by atoms with Crippen LogP contribution in [0.4, 0.5) is 16.4 Å². The molecule has 162 valence electrons. The van der Waals surface area contributed by atoms with Gasteiger partial charge < -0.3 is 19.4 Å². The lowest BCUT2D eigenvalue weighted by molar-refractivity contribution is -0.127. The van der Waals surface area contributed by atoms with Gasteiger partial charge in [-0.2, -0.15) is 0 Å². The molecular formula is C22H23N3O5S. The Labute approximate surface area is 184 Å². The van der Waals surface area contributed by atoms with Crippen molar-refractivity contribution in [2.24, 2.45) is 0 Å². The maximum atomic E-state index is 12.7. The van der Waals surface area contributed by atoms with E-state index in [0.29, 0.717) is 30.5 Å². The maximum Gasteiger partial charge on any atom is 0.294 e. The highest BCUT2D eigenvalue weighted by Crippen LogP contribution is 2.33. The van der Waals surface area contributed by atoms with Gasteiger partial charge in [0.25, 0.3) is 11.1 Å². The number of rotatable bonds is 5. The summed E-state index contributed by atoms with van der Waals surface area (Å²) in [6.45, 7) is 6.18. The minimum atomic E-state index is -0.504. The molecule has 0 radical (unpaired) electrons. The first-order chi connectivity index (χ1) is 14.9. The highest BCUT2D eigenvalue weighted by atomic mass is 32.2.